The topological polar surface area (TPSA) is 94.8 Å². The van der Waals surface area contributed by atoms with Crippen molar-refractivity contribution in [1.29, 1.82) is 0 Å². The Morgan fingerprint density at radius 1 is 1.00 bits per heavy atom. The van der Waals surface area contributed by atoms with Gasteiger partial charge in [-0.2, -0.15) is 4.99 Å². The summed E-state index contributed by atoms with van der Waals surface area (Å²) < 4.78 is 12.4. The van der Waals surface area contributed by atoms with E-state index < -0.39 is 0 Å². The van der Waals surface area contributed by atoms with Crippen molar-refractivity contribution >= 4 is 23.2 Å². The summed E-state index contributed by atoms with van der Waals surface area (Å²) in [6.45, 7) is 0.813. The first-order valence-electron chi connectivity index (χ1n) is 10.8. The van der Waals surface area contributed by atoms with Crippen LogP contribution in [0.5, 0.6) is 11.5 Å². The molecule has 35 heavy (non-hydrogen) atoms. The number of methoxy groups -OCH3 is 2. The van der Waals surface area contributed by atoms with Crippen molar-refractivity contribution in [3.63, 3.8) is 0 Å². The standard InChI is InChI=1S/C26H24N4O4S/c1-33-22-10-9-20(15-23(22)34-2)25(32)29-26-30(12-13-35-26)17-18-6-5-7-19(14-18)24(31)28-16-21-8-3-4-11-27-21/h3-15H,16-17H2,1-2H3,(H,28,31). The third-order valence-electron chi connectivity index (χ3n) is 5.19. The summed E-state index contributed by atoms with van der Waals surface area (Å²) in [5.74, 6) is 0.441. The lowest BCUT2D eigenvalue weighted by molar-refractivity contribution is 0.0949. The van der Waals surface area contributed by atoms with E-state index in [4.69, 9.17) is 9.47 Å². The summed E-state index contributed by atoms with van der Waals surface area (Å²) in [7, 11) is 3.06. The second-order valence-corrected chi connectivity index (χ2v) is 8.38. The quantitative estimate of drug-likeness (QED) is 0.408. The van der Waals surface area contributed by atoms with E-state index in [0.29, 0.717) is 40.5 Å². The first-order chi connectivity index (χ1) is 17.1. The molecule has 8 nitrogen and oxygen atoms in total. The number of nitrogens with one attached hydrogen (secondary N) is 1. The molecule has 0 aliphatic rings. The molecular weight excluding hydrogens is 464 g/mol. The first-order valence-corrected chi connectivity index (χ1v) is 11.7. The second kappa shape index (κ2) is 11.3. The summed E-state index contributed by atoms with van der Waals surface area (Å²) in [5.41, 5.74) is 2.65. The molecule has 0 spiro atoms. The molecule has 4 aromatic rings. The average molecular weight is 489 g/mol. The van der Waals surface area contributed by atoms with E-state index in [2.05, 4.69) is 15.3 Å². The van der Waals surface area contributed by atoms with Gasteiger partial charge in [-0.3, -0.25) is 14.6 Å². The molecule has 0 bridgehead atoms. The minimum absolute atomic E-state index is 0.179. The zero-order chi connectivity index (χ0) is 24.6. The largest absolute Gasteiger partial charge is 0.493 e. The molecule has 4 rings (SSSR count). The van der Waals surface area contributed by atoms with Crippen molar-refractivity contribution in [2.75, 3.05) is 14.2 Å². The van der Waals surface area contributed by atoms with E-state index in [1.54, 1.807) is 30.5 Å². The number of hydrogen-bond donors (Lipinski definition) is 1. The molecular formula is C26H24N4O4S. The zero-order valence-corrected chi connectivity index (χ0v) is 20.1. The van der Waals surface area contributed by atoms with Crippen LogP contribution in [0.25, 0.3) is 0 Å². The van der Waals surface area contributed by atoms with Crippen LogP contribution < -0.4 is 19.6 Å². The SMILES string of the molecule is COc1ccc(C(=O)N=c2sccn2Cc2cccc(C(=O)NCc3ccccn3)c2)cc1OC. The van der Waals surface area contributed by atoms with Crippen LogP contribution in [-0.2, 0) is 13.1 Å². The van der Waals surface area contributed by atoms with Crippen LogP contribution in [0.1, 0.15) is 32.0 Å². The van der Waals surface area contributed by atoms with Gasteiger partial charge in [-0.15, -0.1) is 11.3 Å². The van der Waals surface area contributed by atoms with Crippen LogP contribution in [0.15, 0.2) is 83.4 Å². The lowest BCUT2D eigenvalue weighted by atomic mass is 10.1. The van der Waals surface area contributed by atoms with Crippen LogP contribution in [0.4, 0.5) is 0 Å². The molecule has 2 aromatic heterocycles. The first kappa shape index (κ1) is 23.9. The second-order valence-electron chi connectivity index (χ2n) is 7.50. The van der Waals surface area contributed by atoms with E-state index in [9.17, 15) is 9.59 Å². The van der Waals surface area contributed by atoms with Crippen molar-refractivity contribution in [2.45, 2.75) is 13.1 Å². The average Bonchev–Trinajstić information content (AvgIpc) is 3.33. The van der Waals surface area contributed by atoms with Crippen molar-refractivity contribution in [3.8, 4) is 11.5 Å². The van der Waals surface area contributed by atoms with Gasteiger partial charge < -0.3 is 19.4 Å². The van der Waals surface area contributed by atoms with Gasteiger partial charge in [0.1, 0.15) is 0 Å². The number of aromatic nitrogens is 2. The van der Waals surface area contributed by atoms with Gasteiger partial charge in [0.05, 0.1) is 26.5 Å². The van der Waals surface area contributed by atoms with Gasteiger partial charge in [-0.1, -0.05) is 18.2 Å². The highest BCUT2D eigenvalue weighted by atomic mass is 32.1. The van der Waals surface area contributed by atoms with Crippen molar-refractivity contribution in [2.24, 2.45) is 4.99 Å². The third-order valence-corrected chi connectivity index (χ3v) is 5.98. The van der Waals surface area contributed by atoms with Crippen LogP contribution in [0.2, 0.25) is 0 Å². The number of ether oxygens (including phenoxy) is 2. The molecule has 178 valence electrons. The summed E-state index contributed by atoms with van der Waals surface area (Å²) in [6.07, 6.45) is 3.55. The van der Waals surface area contributed by atoms with Gasteiger partial charge in [0.15, 0.2) is 16.3 Å². The minimum Gasteiger partial charge on any atom is -0.493 e. The molecule has 0 radical (unpaired) electrons. The number of thiazole rings is 1. The van der Waals surface area contributed by atoms with Gasteiger partial charge in [0.25, 0.3) is 11.8 Å². The third kappa shape index (κ3) is 6.01. The predicted octanol–water partition coefficient (Wildman–Crippen LogP) is 3.68. The highest BCUT2D eigenvalue weighted by Crippen LogP contribution is 2.27. The Morgan fingerprint density at radius 3 is 2.63 bits per heavy atom. The Balaban J connectivity index is 1.49. The fraction of sp³-hybridized carbons (Fsp3) is 0.154. The molecule has 0 unspecified atom stereocenters. The monoisotopic (exact) mass is 488 g/mol. The maximum Gasteiger partial charge on any atom is 0.279 e. The highest BCUT2D eigenvalue weighted by molar-refractivity contribution is 7.07. The Labute approximate surface area is 206 Å². The van der Waals surface area contributed by atoms with Crippen molar-refractivity contribution < 1.29 is 19.1 Å². The van der Waals surface area contributed by atoms with Crippen LogP contribution >= 0.6 is 11.3 Å². The minimum atomic E-state index is -0.384. The number of carbonyl (C=O) groups is 2. The number of carbonyl (C=O) groups excluding carboxylic acids is 2. The molecule has 1 N–H and O–H groups in total. The Bertz CT molecular complexity index is 1400. The Morgan fingerprint density at radius 2 is 1.86 bits per heavy atom. The van der Waals surface area contributed by atoms with Crippen molar-refractivity contribution in [1.82, 2.24) is 14.9 Å². The molecule has 0 aliphatic heterocycles. The van der Waals surface area contributed by atoms with Crippen LogP contribution in [0.3, 0.4) is 0 Å². The number of hydrogen-bond acceptors (Lipinski definition) is 6. The summed E-state index contributed by atoms with van der Waals surface area (Å²) in [6, 6.07) is 17.9. The lowest BCUT2D eigenvalue weighted by Crippen LogP contribution is -2.23. The normalized spacial score (nSPS) is 11.2. The number of pyridine rings is 1. The molecule has 2 aromatic carbocycles. The summed E-state index contributed by atoms with van der Waals surface area (Å²) >= 11 is 1.36. The molecule has 2 amide bonds. The molecule has 0 aliphatic carbocycles. The fourth-order valence-corrected chi connectivity index (χ4v) is 4.14. The van der Waals surface area contributed by atoms with E-state index in [1.807, 2.05) is 52.5 Å². The van der Waals surface area contributed by atoms with Crippen LogP contribution in [0, 0.1) is 0 Å². The maximum atomic E-state index is 12.8. The number of nitrogens with zero attached hydrogens (tertiary/aromatic N) is 3. The molecule has 2 heterocycles. The highest BCUT2D eigenvalue weighted by Gasteiger charge is 2.11. The lowest BCUT2D eigenvalue weighted by Gasteiger charge is -2.08. The Kier molecular flexibility index (Phi) is 7.69. The number of amides is 2. The molecule has 0 fully saturated rings. The van der Waals surface area contributed by atoms with Gasteiger partial charge in [0.2, 0.25) is 0 Å². The van der Waals surface area contributed by atoms with E-state index in [0.717, 1.165) is 11.3 Å². The summed E-state index contributed by atoms with van der Waals surface area (Å²) in [4.78, 5) is 34.5. The van der Waals surface area contributed by atoms with Gasteiger partial charge in [-0.25, -0.2) is 0 Å². The molecule has 0 saturated carbocycles. The van der Waals surface area contributed by atoms with Crippen LogP contribution in [-0.4, -0.2) is 35.6 Å². The zero-order valence-electron chi connectivity index (χ0n) is 19.3. The molecule has 0 saturated heterocycles. The van der Waals surface area contributed by atoms with Gasteiger partial charge in [0, 0.05) is 35.4 Å². The molecule has 9 heteroatoms. The van der Waals surface area contributed by atoms with E-state index in [1.165, 1.54) is 25.6 Å². The van der Waals surface area contributed by atoms with Gasteiger partial charge >= 0.3 is 0 Å². The predicted molar refractivity (Wildman–Crippen MR) is 133 cm³/mol. The smallest absolute Gasteiger partial charge is 0.279 e. The molecule has 0 atom stereocenters. The number of benzene rings is 2. The van der Waals surface area contributed by atoms with Gasteiger partial charge in [-0.05, 0) is 48.0 Å². The number of rotatable bonds is 8. The van der Waals surface area contributed by atoms with E-state index >= 15 is 0 Å². The Hall–Kier alpha value is -4.24. The van der Waals surface area contributed by atoms with E-state index in [-0.39, 0.29) is 11.8 Å². The van der Waals surface area contributed by atoms with Crippen molar-refractivity contribution in [3.05, 3.63) is 106 Å². The fourth-order valence-electron chi connectivity index (χ4n) is 3.41. The summed E-state index contributed by atoms with van der Waals surface area (Å²) in [5, 5.41) is 4.75. The maximum absolute atomic E-state index is 12.8.